The maximum absolute atomic E-state index is 15.1. The number of hydrogen-bond donors (Lipinski definition) is 3. The van der Waals surface area contributed by atoms with Crippen LogP contribution < -0.4 is 5.32 Å². The smallest absolute Gasteiger partial charge is 0.259 e. The van der Waals surface area contributed by atoms with Crippen LogP contribution in [-0.4, -0.2) is 70.3 Å². The van der Waals surface area contributed by atoms with Crippen molar-refractivity contribution < 1.29 is 33.7 Å². The number of rotatable bonds is 2. The Morgan fingerprint density at radius 2 is 2.00 bits per heavy atom. The van der Waals surface area contributed by atoms with Crippen LogP contribution >= 0.6 is 11.3 Å². The lowest BCUT2D eigenvalue weighted by atomic mass is 9.73. The Morgan fingerprint density at radius 1 is 1.31 bits per heavy atom. The molecule has 0 aliphatic carbocycles. The summed E-state index contributed by atoms with van der Waals surface area (Å²) >= 11 is 1.50. The van der Waals surface area contributed by atoms with E-state index < -0.39 is 53.4 Å². The highest BCUT2D eigenvalue weighted by atomic mass is 32.1. The van der Waals surface area contributed by atoms with E-state index in [4.69, 9.17) is 9.47 Å². The SMILES string of the molecule is CC(=Cc1csc(C)n1)C1CC2OC2(F)COCC(C)C(O)C(C)C(=O)C(C)(C)C(O)CC(=O)N1. The van der Waals surface area contributed by atoms with E-state index in [0.717, 1.165) is 16.3 Å². The van der Waals surface area contributed by atoms with Gasteiger partial charge >= 0.3 is 0 Å². The van der Waals surface area contributed by atoms with Gasteiger partial charge in [-0.2, -0.15) is 0 Å². The predicted molar refractivity (Wildman–Crippen MR) is 130 cm³/mol. The molecule has 7 unspecified atom stereocenters. The van der Waals surface area contributed by atoms with Crippen LogP contribution in [-0.2, 0) is 19.1 Å². The van der Waals surface area contributed by atoms with Crippen molar-refractivity contribution in [3.8, 4) is 0 Å². The van der Waals surface area contributed by atoms with Crippen molar-refractivity contribution in [3.63, 3.8) is 0 Å². The lowest BCUT2D eigenvalue weighted by Crippen LogP contribution is -2.48. The molecule has 1 aromatic rings. The minimum absolute atomic E-state index is 0.0474. The summed E-state index contributed by atoms with van der Waals surface area (Å²) in [5.74, 6) is -4.06. The summed E-state index contributed by atoms with van der Waals surface area (Å²) < 4.78 is 25.9. The summed E-state index contributed by atoms with van der Waals surface area (Å²) in [5, 5.41) is 27.2. The highest BCUT2D eigenvalue weighted by Crippen LogP contribution is 2.42. The topological polar surface area (TPSA) is 121 Å². The summed E-state index contributed by atoms with van der Waals surface area (Å²) in [6, 6.07) is -0.564. The van der Waals surface area contributed by atoms with Gasteiger partial charge in [0.2, 0.25) is 5.91 Å². The molecular formula is C25H37FN2O6S. The van der Waals surface area contributed by atoms with Crippen LogP contribution in [0.4, 0.5) is 4.39 Å². The molecule has 8 nitrogen and oxygen atoms in total. The van der Waals surface area contributed by atoms with Crippen molar-refractivity contribution >= 4 is 29.1 Å². The molecule has 10 heteroatoms. The molecule has 0 spiro atoms. The van der Waals surface area contributed by atoms with E-state index in [9.17, 15) is 19.8 Å². The number of aryl methyl sites for hydroxylation is 1. The zero-order chi connectivity index (χ0) is 26.1. The summed E-state index contributed by atoms with van der Waals surface area (Å²) in [4.78, 5) is 30.5. The second kappa shape index (κ2) is 10.7. The van der Waals surface area contributed by atoms with E-state index in [1.54, 1.807) is 27.7 Å². The predicted octanol–water partition coefficient (Wildman–Crippen LogP) is 2.80. The van der Waals surface area contributed by atoms with Gasteiger partial charge in [-0.3, -0.25) is 9.59 Å². The first-order valence-corrected chi connectivity index (χ1v) is 12.9. The molecular weight excluding hydrogens is 475 g/mol. The van der Waals surface area contributed by atoms with Gasteiger partial charge in [0.25, 0.3) is 5.85 Å². The van der Waals surface area contributed by atoms with Gasteiger partial charge in [-0.05, 0) is 25.5 Å². The first-order valence-electron chi connectivity index (χ1n) is 12.0. The number of fused-ring (bicyclic) bond motifs is 1. The molecule has 35 heavy (non-hydrogen) atoms. The molecule has 0 radical (unpaired) electrons. The number of epoxide rings is 1. The molecule has 0 saturated carbocycles. The largest absolute Gasteiger partial charge is 0.392 e. The summed E-state index contributed by atoms with van der Waals surface area (Å²) in [5.41, 5.74) is 0.242. The van der Waals surface area contributed by atoms with E-state index in [0.29, 0.717) is 0 Å². The zero-order valence-corrected chi connectivity index (χ0v) is 22.0. The zero-order valence-electron chi connectivity index (χ0n) is 21.2. The third-order valence-electron chi connectivity index (χ3n) is 7.14. The standard InChI is InChI=1S/C25H37FN2O6S/c1-13(7-17-11-35-16(4)27-17)18-8-20-25(26,34-20)12-33-10-14(2)22(31)15(3)23(32)24(5,6)19(29)9-21(30)28-18/h7,11,14-15,18-20,22,29,31H,8-10,12H2,1-6H3,(H,28,30). The van der Waals surface area contributed by atoms with Crippen LogP contribution in [0.25, 0.3) is 6.08 Å². The highest BCUT2D eigenvalue weighted by Gasteiger charge is 2.59. The third kappa shape index (κ3) is 6.54. The number of nitrogens with zero attached hydrogens (tertiary/aromatic N) is 1. The van der Waals surface area contributed by atoms with Crippen molar-refractivity contribution in [3.05, 3.63) is 21.7 Å². The summed E-state index contributed by atoms with van der Waals surface area (Å²) in [6.45, 7) is 9.91. The lowest BCUT2D eigenvalue weighted by Gasteiger charge is -2.34. The van der Waals surface area contributed by atoms with Gasteiger partial charge in [0.05, 0.1) is 47.4 Å². The monoisotopic (exact) mass is 512 g/mol. The van der Waals surface area contributed by atoms with Gasteiger partial charge in [-0.15, -0.1) is 11.3 Å². The second-order valence-electron chi connectivity index (χ2n) is 10.5. The number of nitrogens with one attached hydrogen (secondary N) is 1. The summed E-state index contributed by atoms with van der Waals surface area (Å²) in [6.07, 6.45) is -1.40. The van der Waals surface area contributed by atoms with Crippen molar-refractivity contribution in [2.45, 2.75) is 84.6 Å². The maximum Gasteiger partial charge on any atom is 0.259 e. The molecule has 1 aromatic heterocycles. The first-order chi connectivity index (χ1) is 16.2. The molecule has 1 amide bonds. The second-order valence-corrected chi connectivity index (χ2v) is 11.6. The number of carbonyl (C=O) groups excluding carboxylic acids is 2. The van der Waals surface area contributed by atoms with E-state index in [1.165, 1.54) is 11.3 Å². The molecule has 196 valence electrons. The van der Waals surface area contributed by atoms with Crippen LogP contribution in [0.5, 0.6) is 0 Å². The fourth-order valence-corrected chi connectivity index (χ4v) is 5.04. The average molecular weight is 513 g/mol. The fraction of sp³-hybridized carbons (Fsp3) is 0.720. The number of aliphatic hydroxyl groups is 2. The Hall–Kier alpha value is -1.72. The number of ether oxygens (including phenoxy) is 2. The van der Waals surface area contributed by atoms with Crippen LogP contribution in [0.2, 0.25) is 0 Å². The number of aliphatic hydroxyl groups excluding tert-OH is 2. The van der Waals surface area contributed by atoms with Gasteiger partial charge in [0.15, 0.2) is 0 Å². The van der Waals surface area contributed by atoms with Gasteiger partial charge < -0.3 is 25.0 Å². The Labute approximate surface area is 209 Å². The maximum atomic E-state index is 15.1. The van der Waals surface area contributed by atoms with Gasteiger partial charge in [0, 0.05) is 23.6 Å². The van der Waals surface area contributed by atoms with Crippen molar-refractivity contribution in [1.82, 2.24) is 10.3 Å². The number of carbonyl (C=O) groups is 2. The minimum Gasteiger partial charge on any atom is -0.392 e. The van der Waals surface area contributed by atoms with Gasteiger partial charge in [-0.25, -0.2) is 9.37 Å². The minimum atomic E-state index is -1.98. The van der Waals surface area contributed by atoms with Crippen molar-refractivity contribution in [2.24, 2.45) is 17.3 Å². The molecule has 2 fully saturated rings. The fourth-order valence-electron chi connectivity index (χ4n) is 4.47. The number of Topliss-reactive ketones (excluding diaryl/α,β-unsaturated/α-hetero) is 1. The normalized spacial score (nSPS) is 37.5. The Morgan fingerprint density at radius 3 is 2.63 bits per heavy atom. The number of amides is 1. The Balaban J connectivity index is 1.85. The average Bonchev–Trinajstić information content (AvgIpc) is 3.22. The molecule has 7 atom stereocenters. The first kappa shape index (κ1) is 27.9. The Kier molecular flexibility index (Phi) is 8.53. The number of aromatic nitrogens is 1. The lowest BCUT2D eigenvalue weighted by molar-refractivity contribution is -0.143. The molecule has 2 aliphatic rings. The highest BCUT2D eigenvalue weighted by molar-refractivity contribution is 7.09. The number of ketones is 1. The van der Waals surface area contributed by atoms with E-state index >= 15 is 4.39 Å². The van der Waals surface area contributed by atoms with Gasteiger partial charge in [-0.1, -0.05) is 27.7 Å². The molecule has 2 saturated heterocycles. The van der Waals surface area contributed by atoms with Crippen molar-refractivity contribution in [2.75, 3.05) is 13.2 Å². The summed E-state index contributed by atoms with van der Waals surface area (Å²) in [7, 11) is 0. The number of alkyl halides is 1. The molecule has 3 heterocycles. The van der Waals surface area contributed by atoms with Crippen LogP contribution in [0.3, 0.4) is 0 Å². The third-order valence-corrected chi connectivity index (χ3v) is 7.94. The quantitative estimate of drug-likeness (QED) is 0.521. The Bertz CT molecular complexity index is 966. The molecule has 0 aromatic carbocycles. The van der Waals surface area contributed by atoms with Crippen LogP contribution in [0.15, 0.2) is 11.0 Å². The van der Waals surface area contributed by atoms with Crippen LogP contribution in [0, 0.1) is 24.2 Å². The molecule has 2 aliphatic heterocycles. The molecule has 3 rings (SSSR count). The molecule has 0 bridgehead atoms. The van der Waals surface area contributed by atoms with Gasteiger partial charge in [0.1, 0.15) is 18.5 Å². The van der Waals surface area contributed by atoms with E-state index in [-0.39, 0.29) is 31.8 Å². The number of hydrogen-bond acceptors (Lipinski definition) is 8. The molecule has 3 N–H and O–H groups in total. The van der Waals surface area contributed by atoms with E-state index in [2.05, 4.69) is 10.3 Å². The van der Waals surface area contributed by atoms with Crippen LogP contribution in [0.1, 0.15) is 58.2 Å². The van der Waals surface area contributed by atoms with Crippen molar-refractivity contribution in [1.29, 1.82) is 0 Å². The number of thiazole rings is 1. The van der Waals surface area contributed by atoms with E-state index in [1.807, 2.05) is 25.3 Å². The number of halogens is 1.